The second-order valence-electron chi connectivity index (χ2n) is 3.83. The van der Waals surface area contributed by atoms with Gasteiger partial charge < -0.3 is 10.0 Å². The van der Waals surface area contributed by atoms with E-state index >= 15 is 0 Å². The molecular weight excluding hydrogens is 302 g/mol. The fourth-order valence-corrected chi connectivity index (χ4v) is 2.60. The fraction of sp³-hybridized carbons (Fsp3) is 0.455. The molecule has 0 aliphatic heterocycles. The van der Waals surface area contributed by atoms with Crippen LogP contribution in [0.1, 0.15) is 0 Å². The highest BCUT2D eigenvalue weighted by Gasteiger charge is 2.30. The number of halogens is 4. The zero-order valence-corrected chi connectivity index (χ0v) is 11.0. The molecule has 1 aromatic rings. The van der Waals surface area contributed by atoms with Crippen molar-refractivity contribution in [2.75, 3.05) is 24.6 Å². The largest absolute Gasteiger partial charge is 0.395 e. The van der Waals surface area contributed by atoms with Crippen LogP contribution in [0.3, 0.4) is 0 Å². The molecular formula is C11H13F4NO3S. The number of nitrogens with zero attached hydrogens (tertiary/aromatic N) is 1. The zero-order chi connectivity index (χ0) is 15.3. The Balaban J connectivity index is 3.29. The van der Waals surface area contributed by atoms with Gasteiger partial charge >= 0.3 is 5.76 Å². The molecule has 0 amide bonds. The first kappa shape index (κ1) is 16.7. The number of aliphatic hydroxyl groups is 1. The van der Waals surface area contributed by atoms with E-state index in [2.05, 4.69) is 0 Å². The quantitative estimate of drug-likeness (QED) is 0.779. The van der Waals surface area contributed by atoms with Crippen LogP contribution in [-0.2, 0) is 9.84 Å². The van der Waals surface area contributed by atoms with E-state index < -0.39 is 40.1 Å². The first-order valence-electron chi connectivity index (χ1n) is 5.55. The van der Waals surface area contributed by atoms with E-state index in [9.17, 15) is 26.0 Å². The lowest BCUT2D eigenvalue weighted by Gasteiger charge is -2.25. The minimum absolute atomic E-state index is 0.276. The first-order valence-corrected chi connectivity index (χ1v) is 7.10. The van der Waals surface area contributed by atoms with Crippen LogP contribution in [-0.4, -0.2) is 45.4 Å². The summed E-state index contributed by atoms with van der Waals surface area (Å²) in [6.07, 6.45) is -2.80. The highest BCUT2D eigenvalue weighted by Crippen LogP contribution is 2.29. The average Bonchev–Trinajstić information content (AvgIpc) is 2.37. The molecule has 1 aromatic carbocycles. The van der Waals surface area contributed by atoms with Crippen molar-refractivity contribution in [2.45, 2.75) is 17.1 Å². The molecule has 0 aliphatic carbocycles. The molecule has 0 aliphatic rings. The summed E-state index contributed by atoms with van der Waals surface area (Å²) in [5, 5.41) is 8.83. The Labute approximate surface area is 113 Å². The van der Waals surface area contributed by atoms with Crippen molar-refractivity contribution in [3.05, 3.63) is 24.3 Å². The summed E-state index contributed by atoms with van der Waals surface area (Å²) < 4.78 is 73.1. The second-order valence-corrected chi connectivity index (χ2v) is 5.72. The van der Waals surface area contributed by atoms with Gasteiger partial charge in [0.25, 0.3) is 6.43 Å². The van der Waals surface area contributed by atoms with Crippen molar-refractivity contribution in [2.24, 2.45) is 0 Å². The van der Waals surface area contributed by atoms with Crippen LogP contribution in [0.2, 0.25) is 0 Å². The third-order valence-electron chi connectivity index (χ3n) is 2.48. The van der Waals surface area contributed by atoms with Gasteiger partial charge in [-0.3, -0.25) is 0 Å². The number of sulfone groups is 1. The van der Waals surface area contributed by atoms with Gasteiger partial charge in [-0.05, 0) is 12.1 Å². The Hall–Kier alpha value is -1.35. The van der Waals surface area contributed by atoms with Crippen LogP contribution in [0.5, 0.6) is 0 Å². The summed E-state index contributed by atoms with van der Waals surface area (Å²) in [6, 6.07) is 4.63. The summed E-state index contributed by atoms with van der Waals surface area (Å²) in [4.78, 5) is 0.129. The minimum Gasteiger partial charge on any atom is -0.395 e. The van der Waals surface area contributed by atoms with Gasteiger partial charge in [0.05, 0.1) is 23.7 Å². The molecule has 0 radical (unpaired) electrons. The van der Waals surface area contributed by atoms with Gasteiger partial charge in [-0.15, -0.1) is 0 Å². The predicted molar refractivity (Wildman–Crippen MR) is 64.9 cm³/mol. The highest BCUT2D eigenvalue weighted by molar-refractivity contribution is 7.91. The molecule has 1 rings (SSSR count). The molecule has 0 heterocycles. The third kappa shape index (κ3) is 3.83. The minimum atomic E-state index is -4.91. The van der Waals surface area contributed by atoms with E-state index in [0.717, 1.165) is 17.0 Å². The number of para-hydroxylation sites is 1. The first-order chi connectivity index (χ1) is 9.30. The lowest BCUT2D eigenvalue weighted by Crippen LogP contribution is -2.33. The summed E-state index contributed by atoms with van der Waals surface area (Å²) >= 11 is 0. The summed E-state index contributed by atoms with van der Waals surface area (Å²) in [6.45, 7) is -1.67. The molecule has 0 atom stereocenters. The third-order valence-corrected chi connectivity index (χ3v) is 3.90. The number of hydrogen-bond donors (Lipinski definition) is 1. The molecule has 4 nitrogen and oxygen atoms in total. The molecule has 0 spiro atoms. The Morgan fingerprint density at radius 1 is 1.15 bits per heavy atom. The molecule has 9 heteroatoms. The average molecular weight is 315 g/mol. The van der Waals surface area contributed by atoms with E-state index in [1.165, 1.54) is 12.1 Å². The number of hydrogen-bond acceptors (Lipinski definition) is 4. The predicted octanol–water partition coefficient (Wildman–Crippen LogP) is 1.75. The van der Waals surface area contributed by atoms with Crippen molar-refractivity contribution < 1.29 is 31.1 Å². The Kier molecular flexibility index (Phi) is 5.75. The Bertz CT molecular complexity index is 536. The van der Waals surface area contributed by atoms with Crippen molar-refractivity contribution in [3.63, 3.8) is 0 Å². The summed E-state index contributed by atoms with van der Waals surface area (Å²) in [5.41, 5.74) is -0.276. The van der Waals surface area contributed by atoms with E-state index in [4.69, 9.17) is 5.11 Å². The number of alkyl halides is 4. The molecule has 0 saturated heterocycles. The Morgan fingerprint density at radius 3 is 2.25 bits per heavy atom. The SMILES string of the molecule is O=S(=O)(c1ccccc1N(CCO)CC(F)F)C(F)F. The maximum absolute atomic E-state index is 12.6. The van der Waals surface area contributed by atoms with Crippen molar-refractivity contribution in [3.8, 4) is 0 Å². The van der Waals surface area contributed by atoms with E-state index in [-0.39, 0.29) is 12.2 Å². The highest BCUT2D eigenvalue weighted by atomic mass is 32.2. The van der Waals surface area contributed by atoms with Crippen LogP contribution in [0.15, 0.2) is 29.2 Å². The van der Waals surface area contributed by atoms with Gasteiger partial charge in [-0.1, -0.05) is 12.1 Å². The zero-order valence-electron chi connectivity index (χ0n) is 10.2. The van der Waals surface area contributed by atoms with Crippen LogP contribution in [0.4, 0.5) is 23.2 Å². The monoisotopic (exact) mass is 315 g/mol. The second kappa shape index (κ2) is 6.89. The summed E-state index contributed by atoms with van der Waals surface area (Å²) in [5.74, 6) is -3.65. The number of rotatable bonds is 7. The van der Waals surface area contributed by atoms with Gasteiger partial charge in [0.15, 0.2) is 0 Å². The van der Waals surface area contributed by atoms with Gasteiger partial charge in [-0.25, -0.2) is 17.2 Å². The molecule has 114 valence electrons. The van der Waals surface area contributed by atoms with Crippen LogP contribution >= 0.6 is 0 Å². The van der Waals surface area contributed by atoms with E-state index in [1.54, 1.807) is 0 Å². The summed E-state index contributed by atoms with van der Waals surface area (Å²) in [7, 11) is -4.91. The van der Waals surface area contributed by atoms with E-state index in [1.807, 2.05) is 0 Å². The number of aliphatic hydroxyl groups excluding tert-OH is 1. The molecule has 0 fully saturated rings. The van der Waals surface area contributed by atoms with Crippen molar-refractivity contribution in [1.82, 2.24) is 0 Å². The van der Waals surface area contributed by atoms with Gasteiger partial charge in [0.2, 0.25) is 9.84 Å². The van der Waals surface area contributed by atoms with E-state index in [0.29, 0.717) is 0 Å². The molecule has 1 N–H and O–H groups in total. The van der Waals surface area contributed by atoms with Gasteiger partial charge in [0, 0.05) is 6.54 Å². The molecule has 0 saturated carbocycles. The molecule has 0 aromatic heterocycles. The molecule has 0 unspecified atom stereocenters. The lowest BCUT2D eigenvalue weighted by molar-refractivity contribution is 0.152. The fourth-order valence-electron chi connectivity index (χ4n) is 1.65. The normalized spacial score (nSPS) is 12.2. The maximum Gasteiger partial charge on any atom is 0.341 e. The number of anilines is 1. The van der Waals surface area contributed by atoms with Crippen LogP contribution in [0, 0.1) is 0 Å². The standard InChI is InChI=1S/C11H13F4NO3S/c12-10(13)7-16(5-6-17)8-3-1-2-4-9(8)20(18,19)11(14)15/h1-4,10-11,17H,5-7H2. The van der Waals surface area contributed by atoms with Gasteiger partial charge in [0.1, 0.15) is 0 Å². The number of benzene rings is 1. The molecule has 0 bridgehead atoms. The molecule has 20 heavy (non-hydrogen) atoms. The van der Waals surface area contributed by atoms with Crippen LogP contribution < -0.4 is 4.90 Å². The Morgan fingerprint density at radius 2 is 1.75 bits per heavy atom. The van der Waals surface area contributed by atoms with Crippen molar-refractivity contribution in [1.29, 1.82) is 0 Å². The maximum atomic E-state index is 12.6. The van der Waals surface area contributed by atoms with Crippen LogP contribution in [0.25, 0.3) is 0 Å². The lowest BCUT2D eigenvalue weighted by atomic mass is 10.3. The smallest absolute Gasteiger partial charge is 0.341 e. The van der Waals surface area contributed by atoms with Crippen molar-refractivity contribution >= 4 is 15.5 Å². The topological polar surface area (TPSA) is 57.6 Å². The van der Waals surface area contributed by atoms with Gasteiger partial charge in [-0.2, -0.15) is 8.78 Å².